The number of ether oxygens (including phenoxy) is 1. The predicted molar refractivity (Wildman–Crippen MR) is 142 cm³/mol. The molecule has 9 unspecified atom stereocenters. The second kappa shape index (κ2) is 7.74. The molecule has 0 amide bonds. The van der Waals surface area contributed by atoms with E-state index in [2.05, 4.69) is 27.7 Å². The van der Waals surface area contributed by atoms with Gasteiger partial charge in [0.2, 0.25) is 0 Å². The Morgan fingerprint density at radius 1 is 0.973 bits per heavy atom. The highest BCUT2D eigenvalue weighted by molar-refractivity contribution is 7.91. The van der Waals surface area contributed by atoms with Crippen molar-refractivity contribution < 1.29 is 28.5 Å². The zero-order valence-electron chi connectivity index (χ0n) is 23.9. The fourth-order valence-corrected chi connectivity index (χ4v) is 14.1. The van der Waals surface area contributed by atoms with E-state index in [-0.39, 0.29) is 46.2 Å². The van der Waals surface area contributed by atoms with E-state index in [9.17, 15) is 23.7 Å². The molecule has 0 radical (unpaired) electrons. The van der Waals surface area contributed by atoms with Gasteiger partial charge in [0.05, 0.1) is 30.0 Å². The van der Waals surface area contributed by atoms with Gasteiger partial charge in [0, 0.05) is 6.26 Å². The quantitative estimate of drug-likeness (QED) is 0.503. The summed E-state index contributed by atoms with van der Waals surface area (Å²) in [6.45, 7) is 12.3. The van der Waals surface area contributed by atoms with Gasteiger partial charge in [0.25, 0.3) is 0 Å². The molecule has 5 aliphatic carbocycles. The fraction of sp³-hybridized carbons (Fsp3) is 1.00. The third kappa shape index (κ3) is 3.33. The first kappa shape index (κ1) is 27.0. The highest BCUT2D eigenvalue weighted by Gasteiger charge is 2.82. The van der Waals surface area contributed by atoms with Crippen LogP contribution in [0.4, 0.5) is 0 Å². The third-order valence-corrected chi connectivity index (χ3v) is 15.2. The molecule has 0 aromatic rings. The maximum atomic E-state index is 12.8. The molecular weight excluding hydrogens is 488 g/mol. The fourth-order valence-electron chi connectivity index (χ4n) is 12.3. The largest absolute Gasteiger partial charge is 0.393 e. The minimum atomic E-state index is -3.56. The summed E-state index contributed by atoms with van der Waals surface area (Å²) >= 11 is 0. The van der Waals surface area contributed by atoms with Gasteiger partial charge in [-0.1, -0.05) is 27.7 Å². The number of hydrogen-bond acceptors (Lipinski definition) is 6. The van der Waals surface area contributed by atoms with E-state index < -0.39 is 32.9 Å². The first-order valence-electron chi connectivity index (χ1n) is 14.8. The summed E-state index contributed by atoms with van der Waals surface area (Å²) in [4.78, 5) is 0. The predicted octanol–water partition coefficient (Wildman–Crippen LogP) is 3.95. The molecule has 2 spiro atoms. The summed E-state index contributed by atoms with van der Waals surface area (Å²) in [6, 6.07) is 0. The Hall–Kier alpha value is -0.210. The summed E-state index contributed by atoms with van der Waals surface area (Å²) in [5.74, 6) is 1.57. The Kier molecular flexibility index (Phi) is 5.65. The van der Waals surface area contributed by atoms with Gasteiger partial charge in [-0.3, -0.25) is 0 Å². The molecule has 5 saturated carbocycles. The van der Waals surface area contributed by atoms with Crippen molar-refractivity contribution >= 4 is 9.84 Å². The SMILES string of the molecule is C[C@@H]1CC(C(C(C)(C)O)S(C)(=O)=O)OC2[C@H](O)C3C4CC[C@H]5C(C)(C)C(O)CCC56CC46CCC3(C)[C@H]21. The van der Waals surface area contributed by atoms with Crippen molar-refractivity contribution in [1.82, 2.24) is 0 Å². The summed E-state index contributed by atoms with van der Waals surface area (Å²) < 4.78 is 32.2. The molecule has 1 aliphatic heterocycles. The molecule has 1 saturated heterocycles. The van der Waals surface area contributed by atoms with Gasteiger partial charge in [0.15, 0.2) is 9.84 Å². The molecule has 212 valence electrons. The number of aliphatic hydroxyl groups excluding tert-OH is 2. The molecule has 3 N–H and O–H groups in total. The molecule has 6 nitrogen and oxygen atoms in total. The van der Waals surface area contributed by atoms with Gasteiger partial charge in [0.1, 0.15) is 5.25 Å². The van der Waals surface area contributed by atoms with Crippen LogP contribution in [0, 0.1) is 51.2 Å². The van der Waals surface area contributed by atoms with Crippen LogP contribution in [0.1, 0.15) is 92.9 Å². The van der Waals surface area contributed by atoms with Crippen LogP contribution in [0.2, 0.25) is 0 Å². The van der Waals surface area contributed by atoms with Crippen molar-refractivity contribution in [2.75, 3.05) is 6.26 Å². The van der Waals surface area contributed by atoms with Crippen LogP contribution in [-0.2, 0) is 14.6 Å². The topological polar surface area (TPSA) is 104 Å². The summed E-state index contributed by atoms with van der Waals surface area (Å²) in [5.41, 5.74) is -0.924. The van der Waals surface area contributed by atoms with Gasteiger partial charge in [-0.25, -0.2) is 8.42 Å². The number of hydrogen-bond donors (Lipinski definition) is 3. The van der Waals surface area contributed by atoms with Gasteiger partial charge < -0.3 is 20.1 Å². The molecule has 0 aromatic carbocycles. The molecule has 0 bridgehead atoms. The van der Waals surface area contributed by atoms with Crippen LogP contribution in [0.5, 0.6) is 0 Å². The number of fused-ring (bicyclic) bond motifs is 4. The Balaban J connectivity index is 1.33. The molecule has 6 fully saturated rings. The molecule has 13 atom stereocenters. The molecule has 1 heterocycles. The van der Waals surface area contributed by atoms with E-state index >= 15 is 0 Å². The van der Waals surface area contributed by atoms with E-state index in [0.717, 1.165) is 32.1 Å². The van der Waals surface area contributed by atoms with E-state index in [1.165, 1.54) is 19.1 Å². The maximum Gasteiger partial charge on any atom is 0.155 e. The first-order valence-corrected chi connectivity index (χ1v) is 16.8. The van der Waals surface area contributed by atoms with Gasteiger partial charge in [-0.05, 0) is 116 Å². The minimum absolute atomic E-state index is 0.0278. The lowest BCUT2D eigenvalue weighted by Gasteiger charge is -2.59. The van der Waals surface area contributed by atoms with Crippen molar-refractivity contribution in [3.8, 4) is 0 Å². The van der Waals surface area contributed by atoms with Gasteiger partial charge in [-0.15, -0.1) is 0 Å². The standard InChI is InChI=1S/C30H50O6S/c1-16-14-18(25(27(4,5)33)37(7,34)35)36-24-21(16)28(6)12-13-29-15-30(29)11-10-20(31)26(2,3)19(30)9-8-17(29)22(28)23(24)32/h16-25,31-33H,8-15H2,1-7H3/t16-,17?,18?,19+,20?,21+,22?,23-,24?,25?,28?,29?,30?/m1/s1. The first-order chi connectivity index (χ1) is 16.9. The second-order valence-corrected chi connectivity index (χ2v) is 18.1. The van der Waals surface area contributed by atoms with E-state index in [0.29, 0.717) is 23.7 Å². The van der Waals surface area contributed by atoms with Crippen LogP contribution in [-0.4, -0.2) is 65.3 Å². The normalized spacial score (nSPS) is 55.2. The average molecular weight is 539 g/mol. The van der Waals surface area contributed by atoms with E-state index in [1.54, 1.807) is 13.8 Å². The zero-order valence-corrected chi connectivity index (χ0v) is 24.7. The van der Waals surface area contributed by atoms with Crippen molar-refractivity contribution in [1.29, 1.82) is 0 Å². The highest BCUT2D eigenvalue weighted by atomic mass is 32.2. The summed E-state index contributed by atoms with van der Waals surface area (Å²) in [6.07, 6.45) is 7.70. The Morgan fingerprint density at radius 3 is 2.27 bits per heavy atom. The lowest BCUT2D eigenvalue weighted by molar-refractivity contribution is -0.153. The third-order valence-electron chi connectivity index (χ3n) is 13.4. The van der Waals surface area contributed by atoms with Crippen LogP contribution in [0.25, 0.3) is 0 Å². The lowest BCUT2D eigenvalue weighted by Crippen LogP contribution is -2.56. The monoisotopic (exact) mass is 538 g/mol. The van der Waals surface area contributed by atoms with Gasteiger partial charge in [-0.2, -0.15) is 0 Å². The highest BCUT2D eigenvalue weighted by Crippen LogP contribution is 2.87. The summed E-state index contributed by atoms with van der Waals surface area (Å²) in [7, 11) is -3.56. The molecule has 0 aromatic heterocycles. The lowest BCUT2D eigenvalue weighted by atomic mass is 9.46. The maximum absolute atomic E-state index is 12.8. The van der Waals surface area contributed by atoms with E-state index in [4.69, 9.17) is 4.74 Å². The molecule has 7 heteroatoms. The smallest absolute Gasteiger partial charge is 0.155 e. The van der Waals surface area contributed by atoms with Crippen molar-refractivity contribution in [2.45, 2.75) is 128 Å². The van der Waals surface area contributed by atoms with E-state index in [1.807, 2.05) is 0 Å². The Bertz CT molecular complexity index is 1060. The number of rotatable bonds is 3. The second-order valence-electron chi connectivity index (χ2n) is 15.9. The average Bonchev–Trinajstić information content (AvgIpc) is 3.35. The zero-order chi connectivity index (χ0) is 27.1. The van der Waals surface area contributed by atoms with Crippen molar-refractivity contribution in [3.05, 3.63) is 0 Å². The van der Waals surface area contributed by atoms with Crippen LogP contribution >= 0.6 is 0 Å². The minimum Gasteiger partial charge on any atom is -0.393 e. The molecule has 6 rings (SSSR count). The molecule has 37 heavy (non-hydrogen) atoms. The van der Waals surface area contributed by atoms with Crippen LogP contribution in [0.15, 0.2) is 0 Å². The van der Waals surface area contributed by atoms with Crippen LogP contribution in [0.3, 0.4) is 0 Å². The number of sulfone groups is 1. The molecular formula is C30H50O6S. The Labute approximate surface area is 223 Å². The van der Waals surface area contributed by atoms with Crippen molar-refractivity contribution in [3.63, 3.8) is 0 Å². The van der Waals surface area contributed by atoms with Crippen LogP contribution < -0.4 is 0 Å². The summed E-state index contributed by atoms with van der Waals surface area (Å²) in [5, 5.41) is 32.7. The van der Waals surface area contributed by atoms with Crippen molar-refractivity contribution in [2.24, 2.45) is 51.2 Å². The Morgan fingerprint density at radius 2 is 1.65 bits per heavy atom. The number of aliphatic hydroxyl groups is 3. The molecule has 6 aliphatic rings. The van der Waals surface area contributed by atoms with Gasteiger partial charge >= 0.3 is 0 Å².